The zero-order valence-corrected chi connectivity index (χ0v) is 29.6. The highest BCUT2D eigenvalue weighted by molar-refractivity contribution is 5.67. The number of hydrogen-bond acceptors (Lipinski definition) is 4. The highest BCUT2D eigenvalue weighted by Crippen LogP contribution is 2.51. The fourth-order valence-electron chi connectivity index (χ4n) is 7.78. The van der Waals surface area contributed by atoms with E-state index in [-0.39, 0.29) is 23.0 Å². The molecule has 8 rings (SSSR count). The van der Waals surface area contributed by atoms with Crippen molar-refractivity contribution in [1.82, 2.24) is 0 Å². The minimum Gasteiger partial charge on any atom is -0.508 e. The lowest BCUT2D eigenvalue weighted by Crippen LogP contribution is -2.31. The molecule has 0 bridgehead atoms. The first kappa shape index (κ1) is 35.4. The lowest BCUT2D eigenvalue weighted by molar-refractivity contribution is 0.446. The highest BCUT2D eigenvalue weighted by atomic mass is 16.3. The van der Waals surface area contributed by atoms with Gasteiger partial charge < -0.3 is 20.4 Å². The molecule has 4 N–H and O–H groups in total. The van der Waals surface area contributed by atoms with E-state index in [0.717, 1.165) is 44.5 Å². The third-order valence-electron chi connectivity index (χ3n) is 10.1. The molecule has 8 aromatic rings. The van der Waals surface area contributed by atoms with Crippen LogP contribution >= 0.6 is 0 Å². The van der Waals surface area contributed by atoms with Crippen molar-refractivity contribution in [1.29, 1.82) is 0 Å². The number of aromatic hydroxyl groups is 4. The van der Waals surface area contributed by atoms with E-state index in [9.17, 15) is 20.4 Å². The minimum absolute atomic E-state index is 0.188. The molecule has 0 unspecified atom stereocenters. The molecule has 4 heteroatoms. The van der Waals surface area contributed by atoms with Crippen molar-refractivity contribution in [2.45, 2.75) is 10.8 Å². The predicted octanol–water partition coefficient (Wildman–Crippen LogP) is 11.0. The van der Waals surface area contributed by atoms with Crippen LogP contribution in [0, 0.1) is 0 Å². The largest absolute Gasteiger partial charge is 0.508 e. The van der Waals surface area contributed by atoms with Gasteiger partial charge in [0.1, 0.15) is 23.0 Å². The zero-order valence-electron chi connectivity index (χ0n) is 29.6. The van der Waals surface area contributed by atoms with Crippen molar-refractivity contribution < 1.29 is 20.4 Å². The minimum atomic E-state index is -0.848. The Balaban J connectivity index is 0.000000167. The smallest absolute Gasteiger partial charge is 0.120 e. The molecule has 0 saturated heterocycles. The lowest BCUT2D eigenvalue weighted by atomic mass is 9.64. The molecule has 0 atom stereocenters. The Morgan fingerprint density at radius 1 is 0.204 bits per heavy atom. The molecule has 0 aliphatic rings. The number of phenolic OH excluding ortho intramolecular Hbond substituents is 4. The molecule has 0 saturated carbocycles. The SMILES string of the molecule is Oc1ccccc1C(c1ccccc1)(c1ccccc1)c1ccccc1O.Oc1ccccc1C(c1ccccc1)(c1ccccc1)c1ccccc1O. The Hall–Kier alpha value is -7.04. The summed E-state index contributed by atoms with van der Waals surface area (Å²) >= 11 is 0. The number of rotatable bonds is 8. The first-order chi connectivity index (χ1) is 26.5. The van der Waals surface area contributed by atoms with Gasteiger partial charge in [-0.1, -0.05) is 194 Å². The fraction of sp³-hybridized carbons (Fsp3) is 0.0400. The van der Waals surface area contributed by atoms with E-state index < -0.39 is 10.8 Å². The normalized spacial score (nSPS) is 11.3. The second-order valence-corrected chi connectivity index (χ2v) is 13.0. The third-order valence-corrected chi connectivity index (χ3v) is 10.1. The number of hydrogen-bond donors (Lipinski definition) is 4. The summed E-state index contributed by atoms with van der Waals surface area (Å²) in [5, 5.41) is 43.4. The lowest BCUT2D eigenvalue weighted by Gasteiger charge is -2.37. The van der Waals surface area contributed by atoms with Crippen molar-refractivity contribution in [3.8, 4) is 23.0 Å². The van der Waals surface area contributed by atoms with Crippen LogP contribution in [0.2, 0.25) is 0 Å². The molecule has 0 spiro atoms. The van der Waals surface area contributed by atoms with Gasteiger partial charge in [-0.3, -0.25) is 0 Å². The molecular weight excluding hydrogens is 665 g/mol. The van der Waals surface area contributed by atoms with Crippen LogP contribution in [-0.2, 0) is 10.8 Å². The van der Waals surface area contributed by atoms with Gasteiger partial charge in [-0.25, -0.2) is 0 Å². The molecule has 0 fully saturated rings. The Morgan fingerprint density at radius 2 is 0.370 bits per heavy atom. The summed E-state index contributed by atoms with van der Waals surface area (Å²) in [6.07, 6.45) is 0. The van der Waals surface area contributed by atoms with Crippen LogP contribution in [0.15, 0.2) is 218 Å². The van der Waals surface area contributed by atoms with Gasteiger partial charge in [0.15, 0.2) is 0 Å². The number of phenols is 4. The molecule has 8 aromatic carbocycles. The van der Waals surface area contributed by atoms with Gasteiger partial charge in [-0.15, -0.1) is 0 Å². The van der Waals surface area contributed by atoms with Crippen molar-refractivity contribution >= 4 is 0 Å². The average molecular weight is 705 g/mol. The summed E-state index contributed by atoms with van der Waals surface area (Å²) in [5.74, 6) is 0.754. The van der Waals surface area contributed by atoms with Gasteiger partial charge in [0, 0.05) is 22.3 Å². The van der Waals surface area contributed by atoms with Gasteiger partial charge in [0.2, 0.25) is 0 Å². The Kier molecular flexibility index (Phi) is 10.3. The van der Waals surface area contributed by atoms with E-state index in [1.807, 2.05) is 194 Å². The molecule has 4 nitrogen and oxygen atoms in total. The van der Waals surface area contributed by atoms with Gasteiger partial charge >= 0.3 is 0 Å². The first-order valence-corrected chi connectivity index (χ1v) is 17.8. The van der Waals surface area contributed by atoms with Crippen LogP contribution in [0.4, 0.5) is 0 Å². The Labute approximate surface area is 316 Å². The van der Waals surface area contributed by atoms with Crippen LogP contribution in [0.1, 0.15) is 44.5 Å². The van der Waals surface area contributed by atoms with Gasteiger partial charge in [0.25, 0.3) is 0 Å². The fourth-order valence-corrected chi connectivity index (χ4v) is 7.78. The van der Waals surface area contributed by atoms with E-state index in [1.165, 1.54) is 0 Å². The second kappa shape index (κ2) is 15.7. The van der Waals surface area contributed by atoms with Crippen LogP contribution in [0.5, 0.6) is 23.0 Å². The summed E-state index contributed by atoms with van der Waals surface area (Å²) in [6.45, 7) is 0. The molecule has 0 heterocycles. The van der Waals surface area contributed by atoms with Gasteiger partial charge in [0.05, 0.1) is 10.8 Å². The molecule has 0 radical (unpaired) electrons. The predicted molar refractivity (Wildman–Crippen MR) is 216 cm³/mol. The summed E-state index contributed by atoms with van der Waals surface area (Å²) in [5.41, 5.74) is 5.09. The highest BCUT2D eigenvalue weighted by Gasteiger charge is 2.43. The van der Waals surface area contributed by atoms with Crippen LogP contribution in [0.3, 0.4) is 0 Å². The van der Waals surface area contributed by atoms with Crippen molar-refractivity contribution in [3.63, 3.8) is 0 Å². The molecule has 0 amide bonds. The quantitative estimate of drug-likeness (QED) is 0.119. The van der Waals surface area contributed by atoms with E-state index in [1.54, 1.807) is 24.3 Å². The van der Waals surface area contributed by atoms with Crippen LogP contribution in [-0.4, -0.2) is 20.4 Å². The third kappa shape index (κ3) is 6.35. The number of benzene rings is 8. The topological polar surface area (TPSA) is 80.9 Å². The second-order valence-electron chi connectivity index (χ2n) is 13.0. The van der Waals surface area contributed by atoms with Gasteiger partial charge in [-0.05, 0) is 46.5 Å². The number of para-hydroxylation sites is 4. The molecule has 0 aliphatic carbocycles. The monoisotopic (exact) mass is 704 g/mol. The summed E-state index contributed by atoms with van der Waals surface area (Å²) in [7, 11) is 0. The first-order valence-electron chi connectivity index (χ1n) is 17.8. The maximum Gasteiger partial charge on any atom is 0.120 e. The Morgan fingerprint density at radius 3 is 0.556 bits per heavy atom. The molecule has 264 valence electrons. The van der Waals surface area contributed by atoms with Crippen LogP contribution < -0.4 is 0 Å². The summed E-state index contributed by atoms with van der Waals surface area (Å²) in [6, 6.07) is 69.3. The maximum absolute atomic E-state index is 10.8. The standard InChI is InChI=1S/2C25H20O2/c2*26-23-17-9-7-15-21(23)25(19-11-3-1-4-12-19,20-13-5-2-6-14-20)22-16-8-10-18-24(22)27/h2*1-18,26-27H. The maximum atomic E-state index is 10.8. The van der Waals surface area contributed by atoms with E-state index in [2.05, 4.69) is 0 Å². The van der Waals surface area contributed by atoms with Crippen molar-refractivity contribution in [3.05, 3.63) is 263 Å². The average Bonchev–Trinajstić information content (AvgIpc) is 3.23. The molecule has 0 aliphatic heterocycles. The van der Waals surface area contributed by atoms with E-state index in [4.69, 9.17) is 0 Å². The summed E-state index contributed by atoms with van der Waals surface area (Å²) in [4.78, 5) is 0. The van der Waals surface area contributed by atoms with Crippen LogP contribution in [0.25, 0.3) is 0 Å². The molecular formula is C50H40O4. The Bertz CT molecular complexity index is 2080. The zero-order chi connectivity index (χ0) is 37.4. The van der Waals surface area contributed by atoms with Crippen molar-refractivity contribution in [2.75, 3.05) is 0 Å². The van der Waals surface area contributed by atoms with E-state index >= 15 is 0 Å². The van der Waals surface area contributed by atoms with E-state index in [0.29, 0.717) is 0 Å². The van der Waals surface area contributed by atoms with Gasteiger partial charge in [-0.2, -0.15) is 0 Å². The molecule has 0 aromatic heterocycles. The van der Waals surface area contributed by atoms with Crippen molar-refractivity contribution in [2.24, 2.45) is 0 Å². The summed E-state index contributed by atoms with van der Waals surface area (Å²) < 4.78 is 0. The molecule has 54 heavy (non-hydrogen) atoms.